The van der Waals surface area contributed by atoms with E-state index < -0.39 is 93.5 Å². The number of thiocarbonyl (C=S) groups is 2. The summed E-state index contributed by atoms with van der Waals surface area (Å²) in [5.74, 6) is 18.4. The number of halogens is 4. The molecule has 6 atom stereocenters. The zero-order chi connectivity index (χ0) is 97.5. The van der Waals surface area contributed by atoms with E-state index in [-0.39, 0.29) is 103 Å². The van der Waals surface area contributed by atoms with Crippen molar-refractivity contribution in [3.63, 3.8) is 0 Å². The molecule has 6 heterocycles. The fourth-order valence-corrected chi connectivity index (χ4v) is 18.5. The molecule has 134 heavy (non-hydrogen) atoms. The molecule has 12 rings (SSSR count). The van der Waals surface area contributed by atoms with Gasteiger partial charge in [0.25, 0.3) is 11.8 Å². The highest BCUT2D eigenvalue weighted by molar-refractivity contribution is 7.81. The number of hydrogen-bond acceptors (Lipinski definition) is 19. The number of nitrogens with zero attached hydrogens (tertiary/aromatic N) is 10. The quantitative estimate of drug-likeness (QED) is 0.0142. The average Bonchev–Trinajstić information content (AvgIpc) is 1.59. The fourth-order valence-electron chi connectivity index (χ4n) is 15.9. The molecule has 7 amide bonds. The molecule has 2 aromatic heterocycles. The first-order chi connectivity index (χ1) is 63.4. The molecule has 0 saturated carbocycles. The van der Waals surface area contributed by atoms with E-state index in [9.17, 15) is 56.8 Å². The highest BCUT2D eigenvalue weighted by Gasteiger charge is 2.53. The van der Waals surface area contributed by atoms with Gasteiger partial charge in [-0.25, -0.2) is 19.2 Å². The minimum atomic E-state index is -4.87. The number of carbonyl (C=O) groups is 8. The monoisotopic (exact) mass is 1890 g/mol. The summed E-state index contributed by atoms with van der Waals surface area (Å²) in [7, 11) is 0. The third-order valence-electron chi connectivity index (χ3n) is 22.9. The number of carbonyl (C=O) groups excluding carboxylic acids is 8. The maximum Gasteiger partial charge on any atom is 0.417 e. The van der Waals surface area contributed by atoms with Gasteiger partial charge in [-0.05, 0) is 245 Å². The molecule has 25 nitrogen and oxygen atoms in total. The lowest BCUT2D eigenvalue weighted by molar-refractivity contribution is -0.144. The molecule has 4 saturated heterocycles. The van der Waals surface area contributed by atoms with E-state index in [1.165, 1.54) is 47.9 Å². The summed E-state index contributed by atoms with van der Waals surface area (Å²) in [6, 6.07) is 33.6. The smallest absolute Gasteiger partial charge is 0.417 e. The third-order valence-corrected chi connectivity index (χ3v) is 25.6. The van der Waals surface area contributed by atoms with Gasteiger partial charge in [-0.1, -0.05) is 122 Å². The average molecular weight is 1900 g/mol. The molecule has 8 aromatic rings. The van der Waals surface area contributed by atoms with Gasteiger partial charge >= 0.3 is 6.18 Å². The Kier molecular flexibility index (Phi) is 33.0. The SMILES string of the molecule is Cc1ncsc1-c1ccc(CNC(=O)[C@@H]2C[C@@H](C)CN2C(=O)[C@@H](NC(=O)COCC#CC#CCOc2ccc(N3C(=S)N(c4ccc(C#N)c(C(F)(F)F)c4)C(=O)C3(C)C)cc2F)C(C)(C)C)cc1.[C-]#[N+]c1ccc(N2C(=O)C(C)(C)N(c3ccc(OCC#CC#CCOCC(=O)N[C@H](C(=O)N4C[C@H](C)C[C@H]4C(=O)CCc4ccc(-c5scnc5C)cc4)C(C)(C)C)cc3)C2=S)cc1C. The Labute approximate surface area is 796 Å². The number of rotatable bonds is 27. The van der Waals surface area contributed by atoms with Crippen LogP contribution in [0.4, 0.5) is 46.0 Å². The summed E-state index contributed by atoms with van der Waals surface area (Å²) in [6.45, 7) is 34.9. The summed E-state index contributed by atoms with van der Waals surface area (Å²) in [6.07, 6.45) is -2.91. The van der Waals surface area contributed by atoms with Gasteiger partial charge in [-0.2, -0.15) is 18.4 Å². The minimum Gasteiger partial charge on any atom is -0.481 e. The maximum absolute atomic E-state index is 15.3. The first-order valence-corrected chi connectivity index (χ1v) is 45.7. The van der Waals surface area contributed by atoms with Crippen molar-refractivity contribution in [2.24, 2.45) is 22.7 Å². The number of ether oxygens (including phenoxy) is 4. The number of hydrogen-bond donors (Lipinski definition) is 3. The van der Waals surface area contributed by atoms with Crippen LogP contribution in [0.2, 0.25) is 0 Å². The molecular weight excluding hydrogens is 1790 g/mol. The summed E-state index contributed by atoms with van der Waals surface area (Å²) in [4.78, 5) is 131. The lowest BCUT2D eigenvalue weighted by Gasteiger charge is -2.35. The number of aryl methyl sites for hydroxylation is 4. The van der Waals surface area contributed by atoms with Crippen LogP contribution in [-0.4, -0.2) is 165 Å². The number of anilines is 4. The van der Waals surface area contributed by atoms with Crippen LogP contribution < -0.4 is 45.0 Å². The van der Waals surface area contributed by atoms with E-state index in [0.29, 0.717) is 67.1 Å². The van der Waals surface area contributed by atoms with Crippen molar-refractivity contribution in [1.29, 1.82) is 5.26 Å². The lowest BCUT2D eigenvalue weighted by Crippen LogP contribution is -2.58. The van der Waals surface area contributed by atoms with Crippen LogP contribution in [0.25, 0.3) is 25.7 Å². The summed E-state index contributed by atoms with van der Waals surface area (Å²) < 4.78 is 78.5. The number of alkyl halides is 3. The molecule has 33 heteroatoms. The lowest BCUT2D eigenvalue weighted by atomic mass is 9.85. The van der Waals surface area contributed by atoms with Crippen LogP contribution in [0, 0.1) is 115 Å². The van der Waals surface area contributed by atoms with Crippen molar-refractivity contribution >= 4 is 133 Å². The number of nitrogens with one attached hydrogen (secondary N) is 3. The van der Waals surface area contributed by atoms with Crippen LogP contribution in [0.3, 0.4) is 0 Å². The van der Waals surface area contributed by atoms with Gasteiger partial charge in [0, 0.05) is 49.2 Å². The van der Waals surface area contributed by atoms with E-state index in [1.54, 1.807) is 73.2 Å². The Hall–Kier alpha value is -13.2. The predicted molar refractivity (Wildman–Crippen MR) is 515 cm³/mol. The molecule has 0 radical (unpaired) electrons. The molecule has 696 valence electrons. The number of likely N-dealkylation sites (tertiary alicyclic amines) is 2. The van der Waals surface area contributed by atoms with Gasteiger partial charge in [-0.3, -0.25) is 48.2 Å². The maximum atomic E-state index is 15.3. The van der Waals surface area contributed by atoms with Crippen LogP contribution >= 0.6 is 47.1 Å². The van der Waals surface area contributed by atoms with Crippen molar-refractivity contribution < 1.29 is 74.9 Å². The Balaban J connectivity index is 0.000000258. The van der Waals surface area contributed by atoms with E-state index in [2.05, 4.69) is 90.3 Å². The summed E-state index contributed by atoms with van der Waals surface area (Å²) >= 11 is 14.5. The Morgan fingerprint density at radius 1 is 0.597 bits per heavy atom. The van der Waals surface area contributed by atoms with Gasteiger partial charge in [-0.15, -0.1) is 22.7 Å². The highest BCUT2D eigenvalue weighted by Crippen LogP contribution is 2.43. The number of Topliss-reactive ketones (excluding diaryl/α,β-unsaturated/α-hetero) is 1. The van der Waals surface area contributed by atoms with Gasteiger partial charge in [0.1, 0.15) is 74.6 Å². The van der Waals surface area contributed by atoms with E-state index in [0.717, 1.165) is 71.7 Å². The first-order valence-electron chi connectivity index (χ1n) is 43.1. The Morgan fingerprint density at radius 2 is 1.05 bits per heavy atom. The van der Waals surface area contributed by atoms with Crippen LogP contribution in [-0.2, 0) is 67.0 Å². The van der Waals surface area contributed by atoms with E-state index >= 15 is 4.39 Å². The van der Waals surface area contributed by atoms with Crippen LogP contribution in [0.1, 0.15) is 142 Å². The number of ketones is 1. The molecular formula is C101H103F4N13O12S4. The normalized spacial score (nSPS) is 17.1. The van der Waals surface area contributed by atoms with Crippen molar-refractivity contribution in [3.8, 4) is 85.8 Å². The van der Waals surface area contributed by atoms with Crippen molar-refractivity contribution in [2.75, 3.05) is 72.3 Å². The molecule has 0 aliphatic carbocycles. The molecule has 0 bridgehead atoms. The second kappa shape index (κ2) is 43.6. The summed E-state index contributed by atoms with van der Waals surface area (Å²) in [5.41, 5.74) is 6.70. The van der Waals surface area contributed by atoms with Crippen LogP contribution in [0.15, 0.2) is 138 Å². The van der Waals surface area contributed by atoms with Crippen LogP contribution in [0.5, 0.6) is 11.5 Å². The Bertz CT molecular complexity index is 6180. The second-order valence-electron chi connectivity index (χ2n) is 36.0. The van der Waals surface area contributed by atoms with Crippen molar-refractivity contribution in [2.45, 2.75) is 178 Å². The number of amides is 7. The van der Waals surface area contributed by atoms with Gasteiger partial charge in [0.2, 0.25) is 29.5 Å². The van der Waals surface area contributed by atoms with Crippen molar-refractivity contribution in [1.82, 2.24) is 35.7 Å². The summed E-state index contributed by atoms with van der Waals surface area (Å²) in [5, 5.41) is 18.0. The topological polar surface area (TPSA) is 283 Å². The molecule has 4 aliphatic rings. The molecule has 4 fully saturated rings. The predicted octanol–water partition coefficient (Wildman–Crippen LogP) is 15.8. The van der Waals surface area contributed by atoms with Crippen molar-refractivity contribution in [3.05, 3.63) is 195 Å². The number of nitriles is 1. The second-order valence-corrected chi connectivity index (χ2v) is 38.4. The standard InChI is InChI=1S/C51H54N6O6S2.C50H49F4N7O6S2/c1-33-28-42(43(58)25-16-36-14-17-37(18-15-36)45-35(3)53-32-65-45)55(30-33)47(60)46(50(4,5)6)54-44(59)31-62-26-12-10-11-13-27-63-40-22-19-38(20-23-40)57-49(64)56(48(61)51(57,7)8)39-21-24-41(52-9)34(2)29-39;1-30-22-39(44(63)56-26-32-12-14-33(15-13-32)42-31(2)57-29-69-42)59(27-30)45(64)43(48(3,4)5)58-41(62)28-66-20-10-8-9-11-21-67-40-19-18-36(24-38(40)51)61-47(68)60(46(65)49(61,6)7)35-17-16-34(25-55)37(23-35)50(52,53)54/h14-15,17-24,29,32-33,42,46H,16,25-28,30-31H2,1-8H3,(H,54,59);12-19,23-24,29-30,39,43H,20-22,26-28H2,1-7H3,(H,56,63)(H,58,62)/t33-,42+,46-;30-,39+,43-/m11/s1. The zero-order valence-corrected chi connectivity index (χ0v) is 80.2. The van der Waals surface area contributed by atoms with E-state index in [4.69, 9.17) is 50.0 Å². The molecule has 6 aromatic carbocycles. The largest absolute Gasteiger partial charge is 0.481 e. The number of benzene rings is 6. The third kappa shape index (κ3) is 24.4. The number of thiazole rings is 2. The molecule has 0 spiro atoms. The molecule has 0 unspecified atom stereocenters. The molecule has 3 N–H and O–H groups in total. The van der Waals surface area contributed by atoms with Gasteiger partial charge in [0.15, 0.2) is 33.3 Å². The zero-order valence-electron chi connectivity index (χ0n) is 77.0. The van der Waals surface area contributed by atoms with Gasteiger partial charge < -0.3 is 54.5 Å². The first kappa shape index (κ1) is 101. The van der Waals surface area contributed by atoms with E-state index in [1.807, 2.05) is 144 Å². The minimum absolute atomic E-state index is 0.0206. The Morgan fingerprint density at radius 3 is 1.52 bits per heavy atom. The number of aromatic nitrogens is 2. The van der Waals surface area contributed by atoms with Gasteiger partial charge in [0.05, 0.1) is 67.7 Å². The highest BCUT2D eigenvalue weighted by atomic mass is 32.1. The fraction of sp³-hybridized carbons (Fsp3) is 0.386. The molecule has 4 aliphatic heterocycles.